The maximum atomic E-state index is 11.4. The quantitative estimate of drug-likeness (QED) is 0.601. The average Bonchev–Trinajstić information content (AvgIpc) is 2.42. The number of carbonyl (C=O) groups is 1. The zero-order valence-electron chi connectivity index (χ0n) is 10.1. The van der Waals surface area contributed by atoms with Crippen LogP contribution in [0.5, 0.6) is 0 Å². The van der Waals surface area contributed by atoms with Gasteiger partial charge in [0.05, 0.1) is 16.9 Å². The molecule has 3 nitrogen and oxygen atoms in total. The lowest BCUT2D eigenvalue weighted by Gasteiger charge is -2.09. The number of carbonyl (C=O) groups excluding carboxylic acids is 1. The van der Waals surface area contributed by atoms with Crippen molar-refractivity contribution >= 4 is 17.7 Å². The molecule has 0 amide bonds. The van der Waals surface area contributed by atoms with Gasteiger partial charge >= 0.3 is 5.97 Å². The molecule has 18 heavy (non-hydrogen) atoms. The van der Waals surface area contributed by atoms with E-state index in [1.165, 1.54) is 11.8 Å². The summed E-state index contributed by atoms with van der Waals surface area (Å²) in [6, 6.07) is 9.34. The molecular formula is C14H13NO2S. The predicted molar refractivity (Wildman–Crippen MR) is 71.7 cm³/mol. The number of hydrogen-bond donors (Lipinski definition) is 0. The van der Waals surface area contributed by atoms with Crippen LogP contribution in [0.1, 0.15) is 18.1 Å². The summed E-state index contributed by atoms with van der Waals surface area (Å²) < 4.78 is 4.84. The Hall–Kier alpha value is -1.91. The van der Waals surface area contributed by atoms with Crippen LogP contribution in [0.3, 0.4) is 0 Å². The molecule has 92 valence electrons. The van der Waals surface area contributed by atoms with E-state index in [-0.39, 0.29) is 17.8 Å². The second-order valence-corrected chi connectivity index (χ2v) is 4.90. The van der Waals surface area contributed by atoms with Gasteiger partial charge in [-0.1, -0.05) is 18.1 Å². The Bertz CT molecular complexity index is 482. The first-order valence-electron chi connectivity index (χ1n) is 5.38. The molecule has 0 aliphatic heterocycles. The Kier molecular flexibility index (Phi) is 5.84. The number of nitriles is 1. The van der Waals surface area contributed by atoms with E-state index >= 15 is 0 Å². The number of benzene rings is 1. The van der Waals surface area contributed by atoms with Crippen LogP contribution >= 0.6 is 11.8 Å². The number of esters is 1. The van der Waals surface area contributed by atoms with E-state index in [1.807, 2.05) is 12.1 Å². The van der Waals surface area contributed by atoms with Gasteiger partial charge in [-0.2, -0.15) is 5.26 Å². The molecule has 4 heteroatoms. The lowest BCUT2D eigenvalue weighted by atomic mass is 10.2. The Morgan fingerprint density at radius 1 is 1.50 bits per heavy atom. The molecule has 0 spiro atoms. The summed E-state index contributed by atoms with van der Waals surface area (Å²) in [6.07, 6.45) is 5.01. The van der Waals surface area contributed by atoms with Crippen molar-refractivity contribution in [2.75, 3.05) is 6.61 Å². The molecule has 0 bridgehead atoms. The molecule has 0 fully saturated rings. The van der Waals surface area contributed by atoms with Crippen LogP contribution in [0.2, 0.25) is 0 Å². The van der Waals surface area contributed by atoms with Gasteiger partial charge in [0.1, 0.15) is 0 Å². The maximum absolute atomic E-state index is 11.4. The molecule has 0 saturated heterocycles. The van der Waals surface area contributed by atoms with Crippen LogP contribution in [0.15, 0.2) is 24.3 Å². The summed E-state index contributed by atoms with van der Waals surface area (Å²) in [5.74, 6) is 2.65. The molecule has 0 aliphatic rings. The van der Waals surface area contributed by atoms with Crippen molar-refractivity contribution < 1.29 is 9.53 Å². The molecule has 1 unspecified atom stereocenters. The van der Waals surface area contributed by atoms with Crippen LogP contribution < -0.4 is 0 Å². The Morgan fingerprint density at radius 3 is 2.72 bits per heavy atom. The minimum absolute atomic E-state index is 0.0145. The highest BCUT2D eigenvalue weighted by atomic mass is 32.2. The smallest absolute Gasteiger partial charge is 0.319 e. The largest absolute Gasteiger partial charge is 0.452 e. The van der Waals surface area contributed by atoms with Crippen molar-refractivity contribution in [2.24, 2.45) is 0 Å². The number of nitrogens with zero attached hydrogens (tertiary/aromatic N) is 1. The summed E-state index contributed by atoms with van der Waals surface area (Å²) in [7, 11) is 0. The fourth-order valence-corrected chi connectivity index (χ4v) is 2.03. The van der Waals surface area contributed by atoms with E-state index in [0.717, 1.165) is 5.56 Å². The fourth-order valence-electron chi connectivity index (χ4n) is 1.19. The van der Waals surface area contributed by atoms with E-state index < -0.39 is 0 Å². The Morgan fingerprint density at radius 2 is 2.17 bits per heavy atom. The van der Waals surface area contributed by atoms with Crippen LogP contribution in [0.4, 0.5) is 0 Å². The van der Waals surface area contributed by atoms with Crippen LogP contribution in [0.25, 0.3) is 0 Å². The van der Waals surface area contributed by atoms with Gasteiger partial charge in [0, 0.05) is 5.75 Å². The summed E-state index contributed by atoms with van der Waals surface area (Å²) in [6.45, 7) is 1.80. The molecule has 1 rings (SSSR count). The zero-order chi connectivity index (χ0) is 13.4. The number of thioether (sulfide) groups is 1. The van der Waals surface area contributed by atoms with E-state index in [4.69, 9.17) is 16.4 Å². The maximum Gasteiger partial charge on any atom is 0.319 e. The first kappa shape index (κ1) is 14.2. The first-order valence-corrected chi connectivity index (χ1v) is 6.43. The van der Waals surface area contributed by atoms with Crippen LogP contribution in [0, 0.1) is 23.7 Å². The van der Waals surface area contributed by atoms with Gasteiger partial charge < -0.3 is 4.74 Å². The molecule has 1 aromatic rings. The highest BCUT2D eigenvalue weighted by molar-refractivity contribution is 7.99. The van der Waals surface area contributed by atoms with Crippen molar-refractivity contribution in [2.45, 2.75) is 17.9 Å². The van der Waals surface area contributed by atoms with Crippen molar-refractivity contribution in [3.8, 4) is 18.4 Å². The third-order valence-electron chi connectivity index (χ3n) is 2.21. The van der Waals surface area contributed by atoms with Gasteiger partial charge in [-0.25, -0.2) is 0 Å². The van der Waals surface area contributed by atoms with Crippen LogP contribution in [-0.2, 0) is 15.3 Å². The molecule has 0 aromatic heterocycles. The summed E-state index contributed by atoms with van der Waals surface area (Å²) in [4.78, 5) is 11.4. The SMILES string of the molecule is C#CCOC(=O)C(C)SCc1ccc(C#N)cc1. The minimum atomic E-state index is -0.299. The zero-order valence-corrected chi connectivity index (χ0v) is 10.9. The van der Waals surface area contributed by atoms with Gasteiger partial charge in [-0.05, 0) is 24.6 Å². The third kappa shape index (κ3) is 4.53. The van der Waals surface area contributed by atoms with Gasteiger partial charge in [0.25, 0.3) is 0 Å². The first-order chi connectivity index (χ1) is 8.67. The average molecular weight is 259 g/mol. The molecule has 0 saturated carbocycles. The van der Waals surface area contributed by atoms with E-state index in [9.17, 15) is 4.79 Å². The lowest BCUT2D eigenvalue weighted by molar-refractivity contribution is -0.141. The number of terminal acetylenes is 1. The standard InChI is InChI=1S/C14H13NO2S/c1-3-8-17-14(16)11(2)18-10-13-6-4-12(9-15)5-7-13/h1,4-7,11H,8,10H2,2H3. The van der Waals surface area contributed by atoms with E-state index in [0.29, 0.717) is 11.3 Å². The van der Waals surface area contributed by atoms with Gasteiger partial charge in [-0.3, -0.25) is 4.79 Å². The van der Waals surface area contributed by atoms with Crippen molar-refractivity contribution in [1.82, 2.24) is 0 Å². The van der Waals surface area contributed by atoms with Crippen molar-refractivity contribution in [1.29, 1.82) is 5.26 Å². The third-order valence-corrected chi connectivity index (χ3v) is 3.41. The second-order valence-electron chi connectivity index (χ2n) is 3.57. The Labute approximate surface area is 111 Å². The monoisotopic (exact) mass is 259 g/mol. The van der Waals surface area contributed by atoms with E-state index in [1.54, 1.807) is 19.1 Å². The predicted octanol–water partition coefficient (Wildman–Crippen LogP) is 2.36. The highest BCUT2D eigenvalue weighted by Gasteiger charge is 2.14. The number of hydrogen-bond acceptors (Lipinski definition) is 4. The summed E-state index contributed by atoms with van der Waals surface area (Å²) in [5.41, 5.74) is 1.70. The molecule has 1 atom stereocenters. The van der Waals surface area contributed by atoms with Crippen LogP contribution in [-0.4, -0.2) is 17.8 Å². The van der Waals surface area contributed by atoms with Crippen molar-refractivity contribution in [3.05, 3.63) is 35.4 Å². The van der Waals surface area contributed by atoms with Gasteiger partial charge in [0.15, 0.2) is 6.61 Å². The normalized spacial score (nSPS) is 11.1. The number of ether oxygens (including phenoxy) is 1. The minimum Gasteiger partial charge on any atom is -0.452 e. The fraction of sp³-hybridized carbons (Fsp3) is 0.286. The Balaban J connectivity index is 2.42. The van der Waals surface area contributed by atoms with Crippen molar-refractivity contribution in [3.63, 3.8) is 0 Å². The second kappa shape index (κ2) is 7.42. The van der Waals surface area contributed by atoms with E-state index in [2.05, 4.69) is 12.0 Å². The van der Waals surface area contributed by atoms with Gasteiger partial charge in [0.2, 0.25) is 0 Å². The summed E-state index contributed by atoms with van der Waals surface area (Å²) in [5, 5.41) is 8.41. The molecule has 0 radical (unpaired) electrons. The molecule has 0 N–H and O–H groups in total. The number of rotatable bonds is 5. The molecule has 0 heterocycles. The topological polar surface area (TPSA) is 50.1 Å². The van der Waals surface area contributed by atoms with Gasteiger partial charge in [-0.15, -0.1) is 18.2 Å². The molecule has 1 aromatic carbocycles. The highest BCUT2D eigenvalue weighted by Crippen LogP contribution is 2.19. The molecular weight excluding hydrogens is 246 g/mol. The lowest BCUT2D eigenvalue weighted by Crippen LogP contribution is -2.17. The molecule has 0 aliphatic carbocycles. The summed E-state index contributed by atoms with van der Waals surface area (Å²) >= 11 is 1.48.